The third-order valence-corrected chi connectivity index (χ3v) is 3.75. The highest BCUT2D eigenvalue weighted by Crippen LogP contribution is 2.39. The average Bonchev–Trinajstić information content (AvgIpc) is 2.81. The number of rotatable bonds is 3. The lowest BCUT2D eigenvalue weighted by atomic mass is 10.1. The summed E-state index contributed by atoms with van der Waals surface area (Å²) < 4.78 is 5.93. The molecule has 0 radical (unpaired) electrons. The molecule has 2 unspecified atom stereocenters. The summed E-state index contributed by atoms with van der Waals surface area (Å²) in [5.41, 5.74) is 7.20. The second-order valence-corrected chi connectivity index (χ2v) is 5.10. The Bertz CT molecular complexity index is 354. The van der Waals surface area contributed by atoms with Crippen LogP contribution in [0.1, 0.15) is 43.6 Å². The fourth-order valence-corrected chi connectivity index (χ4v) is 2.59. The van der Waals surface area contributed by atoms with Crippen LogP contribution in [0.25, 0.3) is 0 Å². The molecule has 0 bridgehead atoms. The van der Waals surface area contributed by atoms with Gasteiger partial charge in [0.05, 0.1) is 6.10 Å². The van der Waals surface area contributed by atoms with Gasteiger partial charge in [-0.05, 0) is 49.8 Å². The lowest BCUT2D eigenvalue weighted by molar-refractivity contribution is 0.210. The molecule has 86 valence electrons. The van der Waals surface area contributed by atoms with Crippen LogP contribution in [-0.2, 0) is 0 Å². The van der Waals surface area contributed by atoms with Gasteiger partial charge in [-0.25, -0.2) is 0 Å². The Hall–Kier alpha value is -1.02. The van der Waals surface area contributed by atoms with Gasteiger partial charge in [0.25, 0.3) is 0 Å². The second-order valence-electron chi connectivity index (χ2n) is 5.10. The predicted octanol–water partition coefficient (Wildman–Crippen LogP) is 2.82. The van der Waals surface area contributed by atoms with E-state index in [0.29, 0.717) is 18.1 Å². The van der Waals surface area contributed by atoms with Crippen LogP contribution in [-0.4, -0.2) is 12.1 Å². The van der Waals surface area contributed by atoms with Crippen molar-refractivity contribution in [2.45, 2.75) is 50.2 Å². The van der Waals surface area contributed by atoms with Crippen molar-refractivity contribution in [1.29, 1.82) is 0 Å². The van der Waals surface area contributed by atoms with Gasteiger partial charge in [-0.3, -0.25) is 0 Å². The van der Waals surface area contributed by atoms with E-state index in [2.05, 4.69) is 24.3 Å². The van der Waals surface area contributed by atoms with Crippen LogP contribution in [0, 0.1) is 0 Å². The monoisotopic (exact) mass is 217 g/mol. The van der Waals surface area contributed by atoms with Gasteiger partial charge in [-0.15, -0.1) is 0 Å². The number of hydrogen-bond donors (Lipinski definition) is 1. The van der Waals surface area contributed by atoms with Gasteiger partial charge < -0.3 is 10.5 Å². The molecule has 0 amide bonds. The van der Waals surface area contributed by atoms with Crippen LogP contribution in [0.3, 0.4) is 0 Å². The van der Waals surface area contributed by atoms with Crippen molar-refractivity contribution in [2.24, 2.45) is 5.73 Å². The summed E-state index contributed by atoms with van der Waals surface area (Å²) in [6.07, 6.45) is 6.67. The van der Waals surface area contributed by atoms with Crippen LogP contribution in [0.4, 0.5) is 0 Å². The van der Waals surface area contributed by atoms with E-state index >= 15 is 0 Å². The van der Waals surface area contributed by atoms with Gasteiger partial charge >= 0.3 is 0 Å². The first-order chi connectivity index (χ1) is 7.83. The highest BCUT2D eigenvalue weighted by Gasteiger charge is 2.34. The smallest absolute Gasteiger partial charge is 0.119 e. The molecule has 2 atom stereocenters. The summed E-state index contributed by atoms with van der Waals surface area (Å²) in [4.78, 5) is 0. The summed E-state index contributed by atoms with van der Waals surface area (Å²) in [7, 11) is 0. The minimum atomic E-state index is 0.390. The molecule has 2 heteroatoms. The molecule has 0 spiro atoms. The van der Waals surface area contributed by atoms with Crippen LogP contribution < -0.4 is 10.5 Å². The van der Waals surface area contributed by atoms with Crippen LogP contribution >= 0.6 is 0 Å². The topological polar surface area (TPSA) is 35.2 Å². The molecule has 2 N–H and O–H groups in total. The molecule has 2 aliphatic carbocycles. The Morgan fingerprint density at radius 1 is 1.06 bits per heavy atom. The number of nitrogens with two attached hydrogens (primary N) is 1. The molecule has 0 heterocycles. The molecule has 2 aliphatic rings. The zero-order valence-electron chi connectivity index (χ0n) is 9.56. The number of ether oxygens (including phenoxy) is 1. The maximum absolute atomic E-state index is 5.93. The van der Waals surface area contributed by atoms with Gasteiger partial charge in [0, 0.05) is 12.0 Å². The van der Waals surface area contributed by atoms with Crippen LogP contribution in [0.15, 0.2) is 24.3 Å². The van der Waals surface area contributed by atoms with Gasteiger partial charge in [-0.2, -0.15) is 0 Å². The fourth-order valence-electron chi connectivity index (χ4n) is 2.59. The largest absolute Gasteiger partial charge is 0.490 e. The van der Waals surface area contributed by atoms with Crippen LogP contribution in [0.5, 0.6) is 5.75 Å². The van der Waals surface area contributed by atoms with Crippen molar-refractivity contribution in [3.05, 3.63) is 29.8 Å². The van der Waals surface area contributed by atoms with Crippen molar-refractivity contribution in [3.8, 4) is 5.75 Å². The molecule has 0 aromatic heterocycles. The normalized spacial score (nSPS) is 29.3. The van der Waals surface area contributed by atoms with Crippen molar-refractivity contribution in [2.75, 3.05) is 0 Å². The van der Waals surface area contributed by atoms with Gasteiger partial charge in [0.15, 0.2) is 0 Å². The van der Waals surface area contributed by atoms with E-state index in [1.807, 2.05) is 0 Å². The zero-order valence-corrected chi connectivity index (χ0v) is 9.56. The fraction of sp³-hybridized carbons (Fsp3) is 0.571. The van der Waals surface area contributed by atoms with Crippen molar-refractivity contribution in [3.63, 3.8) is 0 Å². The summed E-state index contributed by atoms with van der Waals surface area (Å²) >= 11 is 0. The molecular weight excluding hydrogens is 198 g/mol. The highest BCUT2D eigenvalue weighted by molar-refractivity contribution is 5.33. The van der Waals surface area contributed by atoms with Crippen LogP contribution in [0.2, 0.25) is 0 Å². The summed E-state index contributed by atoms with van der Waals surface area (Å²) in [6, 6.07) is 8.92. The van der Waals surface area contributed by atoms with Gasteiger partial charge in [0.2, 0.25) is 0 Å². The molecular formula is C14H19NO. The molecule has 1 aromatic rings. The lowest BCUT2D eigenvalue weighted by Gasteiger charge is -2.13. The first-order valence-corrected chi connectivity index (χ1v) is 6.35. The number of hydrogen-bond acceptors (Lipinski definition) is 2. The van der Waals surface area contributed by atoms with E-state index in [-0.39, 0.29) is 0 Å². The Kier molecular flexibility index (Phi) is 2.60. The van der Waals surface area contributed by atoms with Crippen molar-refractivity contribution >= 4 is 0 Å². The molecule has 0 aliphatic heterocycles. The quantitative estimate of drug-likeness (QED) is 0.845. The summed E-state index contributed by atoms with van der Waals surface area (Å²) in [5.74, 6) is 1.62. The first kappa shape index (κ1) is 10.2. The second kappa shape index (κ2) is 4.10. The highest BCUT2D eigenvalue weighted by atomic mass is 16.5. The van der Waals surface area contributed by atoms with Crippen molar-refractivity contribution in [1.82, 2.24) is 0 Å². The van der Waals surface area contributed by atoms with E-state index < -0.39 is 0 Å². The van der Waals surface area contributed by atoms with Gasteiger partial charge in [-0.1, -0.05) is 12.1 Å². The minimum Gasteiger partial charge on any atom is -0.490 e. The molecule has 2 fully saturated rings. The maximum atomic E-state index is 5.93. The summed E-state index contributed by atoms with van der Waals surface area (Å²) in [5, 5.41) is 0. The van der Waals surface area contributed by atoms with E-state index in [1.165, 1.54) is 31.2 Å². The molecule has 2 nitrogen and oxygen atoms in total. The summed E-state index contributed by atoms with van der Waals surface area (Å²) in [6.45, 7) is 0. The molecule has 3 rings (SSSR count). The third-order valence-electron chi connectivity index (χ3n) is 3.75. The molecule has 1 aromatic carbocycles. The average molecular weight is 217 g/mol. The molecule has 16 heavy (non-hydrogen) atoms. The van der Waals surface area contributed by atoms with E-state index in [4.69, 9.17) is 10.5 Å². The molecule has 2 saturated carbocycles. The molecule has 0 saturated heterocycles. The Labute approximate surface area is 96.8 Å². The Balaban J connectivity index is 1.63. The predicted molar refractivity (Wildman–Crippen MR) is 64.7 cm³/mol. The zero-order chi connectivity index (χ0) is 11.0. The van der Waals surface area contributed by atoms with E-state index in [1.54, 1.807) is 0 Å². The third kappa shape index (κ3) is 2.07. The number of benzene rings is 1. The van der Waals surface area contributed by atoms with Gasteiger partial charge in [0.1, 0.15) is 5.75 Å². The lowest BCUT2D eigenvalue weighted by Crippen LogP contribution is -2.10. The van der Waals surface area contributed by atoms with E-state index in [9.17, 15) is 0 Å². The maximum Gasteiger partial charge on any atom is 0.119 e. The standard InChI is InChI=1S/C14H19NO/c15-14-9-13(14)10-5-7-12(8-6-10)16-11-3-1-2-4-11/h5-8,11,13-14H,1-4,9,15H2. The first-order valence-electron chi connectivity index (χ1n) is 6.35. The van der Waals surface area contributed by atoms with E-state index in [0.717, 1.165) is 12.2 Å². The minimum absolute atomic E-state index is 0.390. The van der Waals surface area contributed by atoms with Crippen molar-refractivity contribution < 1.29 is 4.74 Å². The SMILES string of the molecule is NC1CC1c1ccc(OC2CCCC2)cc1. The Morgan fingerprint density at radius 3 is 2.25 bits per heavy atom. The Morgan fingerprint density at radius 2 is 1.69 bits per heavy atom.